The molecule has 1 aromatic carbocycles. The molecule has 2 aromatic rings. The van der Waals surface area contributed by atoms with Crippen molar-refractivity contribution in [1.82, 2.24) is 24.6 Å². The molecular formula is C22H29N5O3. The molecule has 0 aliphatic carbocycles. The van der Waals surface area contributed by atoms with Gasteiger partial charge in [0.2, 0.25) is 0 Å². The van der Waals surface area contributed by atoms with Crippen molar-refractivity contribution in [3.63, 3.8) is 0 Å². The Kier molecular flexibility index (Phi) is 5.26. The van der Waals surface area contributed by atoms with Crippen LogP contribution in [0, 0.1) is 18.8 Å². The summed E-state index contributed by atoms with van der Waals surface area (Å²) in [5.74, 6) is 0.772. The Balaban J connectivity index is 1.42. The van der Waals surface area contributed by atoms with Gasteiger partial charge >= 0.3 is 6.09 Å². The summed E-state index contributed by atoms with van der Waals surface area (Å²) in [6.07, 6.45) is 3.78. The molecule has 0 bridgehead atoms. The molecule has 2 aliphatic heterocycles. The molecule has 2 saturated heterocycles. The highest BCUT2D eigenvalue weighted by Gasteiger charge is 2.41. The Morgan fingerprint density at radius 3 is 2.50 bits per heavy atom. The summed E-state index contributed by atoms with van der Waals surface area (Å²) >= 11 is 0. The Morgan fingerprint density at radius 2 is 1.83 bits per heavy atom. The maximum Gasteiger partial charge on any atom is 0.410 e. The van der Waals surface area contributed by atoms with E-state index in [-0.39, 0.29) is 12.0 Å². The lowest BCUT2D eigenvalue weighted by Gasteiger charge is -2.34. The molecule has 1 aromatic heterocycles. The van der Waals surface area contributed by atoms with Crippen LogP contribution in [0.1, 0.15) is 43.1 Å². The summed E-state index contributed by atoms with van der Waals surface area (Å²) < 4.78 is 7.20. The van der Waals surface area contributed by atoms with Crippen LogP contribution in [-0.4, -0.2) is 68.3 Å². The number of amides is 2. The molecule has 160 valence electrons. The topological polar surface area (TPSA) is 80.6 Å². The number of carbonyl (C=O) groups excluding carboxylic acids is 2. The average molecular weight is 412 g/mol. The van der Waals surface area contributed by atoms with E-state index in [1.165, 1.54) is 6.33 Å². The van der Waals surface area contributed by atoms with Gasteiger partial charge in [-0.2, -0.15) is 5.10 Å². The zero-order valence-corrected chi connectivity index (χ0v) is 18.0. The van der Waals surface area contributed by atoms with Crippen LogP contribution >= 0.6 is 0 Å². The van der Waals surface area contributed by atoms with E-state index < -0.39 is 5.60 Å². The molecule has 0 N–H and O–H groups in total. The molecule has 2 amide bonds. The normalized spacial score (nSPS) is 21.5. The monoisotopic (exact) mass is 411 g/mol. The van der Waals surface area contributed by atoms with E-state index >= 15 is 0 Å². The van der Waals surface area contributed by atoms with Crippen molar-refractivity contribution in [2.75, 3.05) is 26.2 Å². The van der Waals surface area contributed by atoms with Gasteiger partial charge in [-0.05, 0) is 69.7 Å². The Hall–Kier alpha value is -2.90. The van der Waals surface area contributed by atoms with Gasteiger partial charge in [0.15, 0.2) is 0 Å². The third-order valence-electron chi connectivity index (χ3n) is 5.86. The lowest BCUT2D eigenvalue weighted by molar-refractivity contribution is 0.0284. The number of aryl methyl sites for hydroxylation is 1. The molecule has 2 unspecified atom stereocenters. The standard InChI is InChI=1S/C22H29N5O3/c1-15-9-18(27-14-23-13-24-27)5-6-19(15)20(28)25-8-7-16-10-26(12-17(16)11-25)21(29)30-22(2,3)4/h5-6,9,13-14,16-17H,7-8,10-12H2,1-4H3. The number of benzene rings is 1. The summed E-state index contributed by atoms with van der Waals surface area (Å²) in [7, 11) is 0. The first-order valence-corrected chi connectivity index (χ1v) is 10.4. The highest BCUT2D eigenvalue weighted by Crippen LogP contribution is 2.33. The van der Waals surface area contributed by atoms with Crippen molar-refractivity contribution in [2.24, 2.45) is 11.8 Å². The quantitative estimate of drug-likeness (QED) is 0.759. The summed E-state index contributed by atoms with van der Waals surface area (Å²) in [4.78, 5) is 33.3. The van der Waals surface area contributed by atoms with Crippen LogP contribution in [0.4, 0.5) is 4.79 Å². The minimum Gasteiger partial charge on any atom is -0.444 e. The van der Waals surface area contributed by atoms with Gasteiger partial charge in [-0.1, -0.05) is 0 Å². The van der Waals surface area contributed by atoms with Crippen LogP contribution in [-0.2, 0) is 4.74 Å². The number of hydrogen-bond acceptors (Lipinski definition) is 5. The van der Waals surface area contributed by atoms with Crippen LogP contribution in [0.25, 0.3) is 5.69 Å². The van der Waals surface area contributed by atoms with E-state index in [1.807, 2.05) is 50.8 Å². The summed E-state index contributed by atoms with van der Waals surface area (Å²) in [6.45, 7) is 10.3. The number of ether oxygens (including phenoxy) is 1. The van der Waals surface area contributed by atoms with Gasteiger partial charge in [-0.15, -0.1) is 0 Å². The molecule has 8 nitrogen and oxygen atoms in total. The number of aromatic nitrogens is 3. The van der Waals surface area contributed by atoms with Crippen molar-refractivity contribution in [3.8, 4) is 5.69 Å². The number of fused-ring (bicyclic) bond motifs is 1. The molecule has 2 fully saturated rings. The molecule has 4 rings (SSSR count). The van der Waals surface area contributed by atoms with Gasteiger partial charge < -0.3 is 14.5 Å². The summed E-state index contributed by atoms with van der Waals surface area (Å²) in [5, 5.41) is 4.14. The first-order valence-electron chi connectivity index (χ1n) is 10.4. The first kappa shape index (κ1) is 20.4. The highest BCUT2D eigenvalue weighted by atomic mass is 16.6. The highest BCUT2D eigenvalue weighted by molar-refractivity contribution is 5.96. The predicted molar refractivity (Wildman–Crippen MR) is 111 cm³/mol. The molecular weight excluding hydrogens is 382 g/mol. The minimum absolute atomic E-state index is 0.0480. The van der Waals surface area contributed by atoms with Gasteiger partial charge in [-0.25, -0.2) is 14.5 Å². The van der Waals surface area contributed by atoms with Crippen LogP contribution < -0.4 is 0 Å². The second-order valence-electron chi connectivity index (χ2n) is 9.28. The zero-order valence-electron chi connectivity index (χ0n) is 18.0. The van der Waals surface area contributed by atoms with E-state index in [0.717, 1.165) is 17.7 Å². The van der Waals surface area contributed by atoms with Crippen LogP contribution in [0.5, 0.6) is 0 Å². The van der Waals surface area contributed by atoms with Crippen molar-refractivity contribution >= 4 is 12.0 Å². The van der Waals surface area contributed by atoms with Gasteiger partial charge in [0.25, 0.3) is 5.91 Å². The second kappa shape index (κ2) is 7.74. The third kappa shape index (κ3) is 4.17. The Labute approximate surface area is 176 Å². The van der Waals surface area contributed by atoms with E-state index in [2.05, 4.69) is 10.1 Å². The Bertz CT molecular complexity index is 935. The first-order chi connectivity index (χ1) is 14.2. The fourth-order valence-corrected chi connectivity index (χ4v) is 4.37. The average Bonchev–Trinajstić information content (AvgIpc) is 3.35. The predicted octanol–water partition coefficient (Wildman–Crippen LogP) is 2.90. The molecule has 0 saturated carbocycles. The van der Waals surface area contributed by atoms with Crippen molar-refractivity contribution in [2.45, 2.75) is 39.7 Å². The fourth-order valence-electron chi connectivity index (χ4n) is 4.37. The smallest absolute Gasteiger partial charge is 0.410 e. The number of nitrogens with zero attached hydrogens (tertiary/aromatic N) is 5. The number of rotatable bonds is 2. The maximum absolute atomic E-state index is 13.2. The summed E-state index contributed by atoms with van der Waals surface area (Å²) in [6, 6.07) is 5.71. The summed E-state index contributed by atoms with van der Waals surface area (Å²) in [5.41, 5.74) is 2.00. The number of carbonyl (C=O) groups is 2. The zero-order chi connectivity index (χ0) is 21.5. The lowest BCUT2D eigenvalue weighted by Crippen LogP contribution is -2.43. The molecule has 2 aliphatic rings. The van der Waals surface area contributed by atoms with E-state index in [1.54, 1.807) is 15.9 Å². The fraction of sp³-hybridized carbons (Fsp3) is 0.545. The molecule has 30 heavy (non-hydrogen) atoms. The molecule has 3 heterocycles. The molecule has 0 radical (unpaired) electrons. The van der Waals surface area contributed by atoms with E-state index in [0.29, 0.717) is 43.6 Å². The number of hydrogen-bond donors (Lipinski definition) is 0. The molecule has 2 atom stereocenters. The lowest BCUT2D eigenvalue weighted by atomic mass is 9.88. The van der Waals surface area contributed by atoms with Crippen LogP contribution in [0.2, 0.25) is 0 Å². The largest absolute Gasteiger partial charge is 0.444 e. The maximum atomic E-state index is 13.2. The van der Waals surface area contributed by atoms with E-state index in [4.69, 9.17) is 4.74 Å². The Morgan fingerprint density at radius 1 is 1.10 bits per heavy atom. The van der Waals surface area contributed by atoms with Crippen molar-refractivity contribution in [3.05, 3.63) is 42.0 Å². The van der Waals surface area contributed by atoms with Crippen molar-refractivity contribution in [1.29, 1.82) is 0 Å². The van der Waals surface area contributed by atoms with Gasteiger partial charge in [0.05, 0.1) is 5.69 Å². The van der Waals surface area contributed by atoms with Crippen LogP contribution in [0.15, 0.2) is 30.9 Å². The van der Waals surface area contributed by atoms with Crippen LogP contribution in [0.3, 0.4) is 0 Å². The van der Waals surface area contributed by atoms with Gasteiger partial charge in [-0.3, -0.25) is 4.79 Å². The second-order valence-corrected chi connectivity index (χ2v) is 9.28. The molecule has 0 spiro atoms. The van der Waals surface area contributed by atoms with Crippen molar-refractivity contribution < 1.29 is 14.3 Å². The third-order valence-corrected chi connectivity index (χ3v) is 5.86. The molecule has 8 heteroatoms. The number of piperidine rings is 1. The number of likely N-dealkylation sites (tertiary alicyclic amines) is 2. The SMILES string of the molecule is Cc1cc(-n2cncn2)ccc1C(=O)N1CCC2CN(C(=O)OC(C)(C)C)CC2C1. The minimum atomic E-state index is -0.497. The van der Waals surface area contributed by atoms with Gasteiger partial charge in [0, 0.05) is 31.7 Å². The van der Waals surface area contributed by atoms with Gasteiger partial charge in [0.1, 0.15) is 18.3 Å². The van der Waals surface area contributed by atoms with E-state index in [9.17, 15) is 9.59 Å².